The number of anilines is 3. The van der Waals surface area contributed by atoms with Crippen LogP contribution in [-0.2, 0) is 9.59 Å². The second-order valence-corrected chi connectivity index (χ2v) is 6.71. The molecular weight excluding hydrogens is 364 g/mol. The molecule has 0 aromatic heterocycles. The predicted octanol–water partition coefficient (Wildman–Crippen LogP) is 3.70. The molecule has 0 aliphatic carbocycles. The quantitative estimate of drug-likeness (QED) is 0.825. The number of halogens is 1. The molecule has 0 saturated carbocycles. The summed E-state index contributed by atoms with van der Waals surface area (Å²) in [5.74, 6) is -0.108. The number of hydrogen-bond donors (Lipinski definition) is 2. The van der Waals surface area contributed by atoms with Crippen molar-refractivity contribution in [2.75, 3.05) is 28.6 Å². The molecule has 1 fully saturated rings. The van der Waals surface area contributed by atoms with E-state index in [1.54, 1.807) is 23.1 Å². The van der Waals surface area contributed by atoms with Crippen LogP contribution in [0, 0.1) is 18.3 Å². The normalized spacial score (nSPS) is 13.4. The zero-order valence-corrected chi connectivity index (χ0v) is 15.6. The molecule has 7 heteroatoms. The van der Waals surface area contributed by atoms with Crippen molar-refractivity contribution < 1.29 is 9.59 Å². The third kappa shape index (κ3) is 4.21. The maximum Gasteiger partial charge on any atom is 0.243 e. The van der Waals surface area contributed by atoms with Gasteiger partial charge in [-0.1, -0.05) is 17.7 Å². The van der Waals surface area contributed by atoms with E-state index >= 15 is 0 Å². The largest absolute Gasteiger partial charge is 0.376 e. The zero-order chi connectivity index (χ0) is 19.4. The van der Waals surface area contributed by atoms with Crippen LogP contribution in [-0.4, -0.2) is 24.9 Å². The molecule has 1 aliphatic heterocycles. The van der Waals surface area contributed by atoms with Gasteiger partial charge in [0.1, 0.15) is 6.07 Å². The SMILES string of the molecule is Cc1c(NCC(=O)Nc2ccc(C#N)c(Cl)c2)cccc1N1CCCC1=O. The van der Waals surface area contributed by atoms with Crippen LogP contribution >= 0.6 is 11.6 Å². The number of carbonyl (C=O) groups excluding carboxylic acids is 2. The lowest BCUT2D eigenvalue weighted by Crippen LogP contribution is -2.25. The Labute approximate surface area is 162 Å². The van der Waals surface area contributed by atoms with E-state index in [4.69, 9.17) is 16.9 Å². The van der Waals surface area contributed by atoms with Crippen LogP contribution in [0.4, 0.5) is 17.1 Å². The van der Waals surface area contributed by atoms with E-state index in [2.05, 4.69) is 10.6 Å². The molecule has 0 spiro atoms. The summed E-state index contributed by atoms with van der Waals surface area (Å²) in [5, 5.41) is 15.0. The van der Waals surface area contributed by atoms with Gasteiger partial charge in [-0.05, 0) is 49.2 Å². The van der Waals surface area contributed by atoms with Gasteiger partial charge >= 0.3 is 0 Å². The first-order chi connectivity index (χ1) is 13.0. The minimum absolute atomic E-state index is 0.0653. The maximum absolute atomic E-state index is 12.2. The molecule has 138 valence electrons. The molecule has 2 amide bonds. The van der Waals surface area contributed by atoms with Crippen molar-refractivity contribution in [2.24, 2.45) is 0 Å². The summed E-state index contributed by atoms with van der Waals surface area (Å²) in [6.45, 7) is 2.72. The average molecular weight is 383 g/mol. The maximum atomic E-state index is 12.2. The first-order valence-corrected chi connectivity index (χ1v) is 9.00. The van der Waals surface area contributed by atoms with Crippen LogP contribution in [0.5, 0.6) is 0 Å². The Hall–Kier alpha value is -3.04. The first kappa shape index (κ1) is 18.7. The molecule has 0 radical (unpaired) electrons. The van der Waals surface area contributed by atoms with Crippen molar-refractivity contribution in [3.8, 4) is 6.07 Å². The van der Waals surface area contributed by atoms with Gasteiger partial charge in [-0.2, -0.15) is 5.26 Å². The van der Waals surface area contributed by atoms with Crippen molar-refractivity contribution in [3.63, 3.8) is 0 Å². The molecule has 0 unspecified atom stereocenters. The van der Waals surface area contributed by atoms with E-state index in [1.165, 1.54) is 0 Å². The van der Waals surface area contributed by atoms with E-state index in [1.807, 2.05) is 31.2 Å². The minimum Gasteiger partial charge on any atom is -0.376 e. The van der Waals surface area contributed by atoms with E-state index in [9.17, 15) is 9.59 Å². The van der Waals surface area contributed by atoms with Crippen molar-refractivity contribution >= 4 is 40.5 Å². The van der Waals surface area contributed by atoms with E-state index in [-0.39, 0.29) is 18.4 Å². The lowest BCUT2D eigenvalue weighted by atomic mass is 10.1. The van der Waals surface area contributed by atoms with Crippen LogP contribution in [0.3, 0.4) is 0 Å². The molecule has 6 nitrogen and oxygen atoms in total. The summed E-state index contributed by atoms with van der Waals surface area (Å²) in [4.78, 5) is 26.0. The van der Waals surface area contributed by atoms with Gasteiger partial charge in [0.15, 0.2) is 0 Å². The number of nitriles is 1. The molecule has 1 saturated heterocycles. The fourth-order valence-corrected chi connectivity index (χ4v) is 3.30. The van der Waals surface area contributed by atoms with Crippen LogP contribution in [0.15, 0.2) is 36.4 Å². The summed E-state index contributed by atoms with van der Waals surface area (Å²) >= 11 is 5.98. The number of carbonyl (C=O) groups is 2. The third-order valence-electron chi connectivity index (χ3n) is 4.48. The molecule has 0 atom stereocenters. The lowest BCUT2D eigenvalue weighted by molar-refractivity contribution is -0.117. The second-order valence-electron chi connectivity index (χ2n) is 6.31. The highest BCUT2D eigenvalue weighted by Crippen LogP contribution is 2.29. The molecule has 1 heterocycles. The van der Waals surface area contributed by atoms with E-state index in [0.717, 1.165) is 29.9 Å². The molecule has 2 aromatic carbocycles. The Bertz CT molecular complexity index is 936. The van der Waals surface area contributed by atoms with E-state index in [0.29, 0.717) is 22.7 Å². The average Bonchev–Trinajstić information content (AvgIpc) is 3.07. The van der Waals surface area contributed by atoms with Crippen molar-refractivity contribution in [2.45, 2.75) is 19.8 Å². The van der Waals surface area contributed by atoms with Crippen molar-refractivity contribution in [3.05, 3.63) is 52.5 Å². The van der Waals surface area contributed by atoms with Gasteiger partial charge in [-0.15, -0.1) is 0 Å². The smallest absolute Gasteiger partial charge is 0.243 e. The lowest BCUT2D eigenvalue weighted by Gasteiger charge is -2.20. The fraction of sp³-hybridized carbons (Fsp3) is 0.250. The van der Waals surface area contributed by atoms with Crippen LogP contribution in [0.25, 0.3) is 0 Å². The molecule has 2 aromatic rings. The van der Waals surface area contributed by atoms with Gasteiger partial charge in [-0.3, -0.25) is 9.59 Å². The summed E-state index contributed by atoms with van der Waals surface area (Å²) in [6.07, 6.45) is 1.44. The number of amides is 2. The second kappa shape index (κ2) is 8.11. The van der Waals surface area contributed by atoms with Gasteiger partial charge in [0.25, 0.3) is 0 Å². The highest BCUT2D eigenvalue weighted by Gasteiger charge is 2.23. The third-order valence-corrected chi connectivity index (χ3v) is 4.79. The van der Waals surface area contributed by atoms with Crippen LogP contribution < -0.4 is 15.5 Å². The monoisotopic (exact) mass is 382 g/mol. The van der Waals surface area contributed by atoms with Gasteiger partial charge in [0, 0.05) is 30.0 Å². The fourth-order valence-electron chi connectivity index (χ4n) is 3.07. The minimum atomic E-state index is -0.238. The molecule has 1 aliphatic rings. The van der Waals surface area contributed by atoms with Gasteiger partial charge in [-0.25, -0.2) is 0 Å². The summed E-state index contributed by atoms with van der Waals surface area (Å²) in [6, 6.07) is 12.4. The Morgan fingerprint density at radius 3 is 2.81 bits per heavy atom. The topological polar surface area (TPSA) is 85.2 Å². The van der Waals surface area contributed by atoms with Crippen LogP contribution in [0.1, 0.15) is 24.0 Å². The summed E-state index contributed by atoms with van der Waals surface area (Å²) < 4.78 is 0. The molecule has 3 rings (SSSR count). The predicted molar refractivity (Wildman–Crippen MR) is 106 cm³/mol. The molecule has 0 bridgehead atoms. The Morgan fingerprint density at radius 1 is 1.33 bits per heavy atom. The highest BCUT2D eigenvalue weighted by atomic mass is 35.5. The molecule has 2 N–H and O–H groups in total. The summed E-state index contributed by atoms with van der Waals surface area (Å²) in [5.41, 5.74) is 3.50. The highest BCUT2D eigenvalue weighted by molar-refractivity contribution is 6.32. The van der Waals surface area contributed by atoms with Gasteiger partial charge < -0.3 is 15.5 Å². The Kier molecular flexibility index (Phi) is 5.63. The van der Waals surface area contributed by atoms with Gasteiger partial charge in [0.05, 0.1) is 17.1 Å². The van der Waals surface area contributed by atoms with E-state index < -0.39 is 0 Å². The zero-order valence-electron chi connectivity index (χ0n) is 14.9. The summed E-state index contributed by atoms with van der Waals surface area (Å²) in [7, 11) is 0. The first-order valence-electron chi connectivity index (χ1n) is 8.63. The Balaban J connectivity index is 1.64. The van der Waals surface area contributed by atoms with Crippen molar-refractivity contribution in [1.82, 2.24) is 0 Å². The number of benzene rings is 2. The number of nitrogens with zero attached hydrogens (tertiary/aromatic N) is 2. The van der Waals surface area contributed by atoms with Gasteiger partial charge in [0.2, 0.25) is 11.8 Å². The number of hydrogen-bond acceptors (Lipinski definition) is 4. The molecule has 27 heavy (non-hydrogen) atoms. The number of rotatable bonds is 5. The van der Waals surface area contributed by atoms with Crippen LogP contribution in [0.2, 0.25) is 5.02 Å². The Morgan fingerprint density at radius 2 is 2.15 bits per heavy atom. The number of nitrogens with one attached hydrogen (secondary N) is 2. The van der Waals surface area contributed by atoms with Crippen molar-refractivity contribution in [1.29, 1.82) is 5.26 Å². The standard InChI is InChI=1S/C20H19ClN4O2/c1-13-17(4-2-5-18(13)25-9-3-6-20(25)27)23-12-19(26)24-15-8-7-14(11-22)16(21)10-15/h2,4-5,7-8,10,23H,3,6,9,12H2,1H3,(H,24,26). The molecular formula is C20H19ClN4O2.